The van der Waals surface area contributed by atoms with E-state index in [-0.39, 0.29) is 17.6 Å². The average molecular weight is 492 g/mol. The molecule has 3 aromatic carbocycles. The molecular formula is C25H24Cl2FNO4. The molecule has 174 valence electrons. The van der Waals surface area contributed by atoms with Crippen molar-refractivity contribution in [1.29, 1.82) is 0 Å². The molecule has 0 fully saturated rings. The van der Waals surface area contributed by atoms with Gasteiger partial charge in [0.15, 0.2) is 11.5 Å². The summed E-state index contributed by atoms with van der Waals surface area (Å²) in [5.41, 5.74) is 2.84. The zero-order valence-corrected chi connectivity index (χ0v) is 19.8. The normalized spacial score (nSPS) is 10.6. The Morgan fingerprint density at radius 3 is 2.36 bits per heavy atom. The molecule has 0 radical (unpaired) electrons. The van der Waals surface area contributed by atoms with Gasteiger partial charge in [0, 0.05) is 17.8 Å². The van der Waals surface area contributed by atoms with Crippen LogP contribution in [0, 0.1) is 5.82 Å². The van der Waals surface area contributed by atoms with Crippen LogP contribution in [0.1, 0.15) is 35.3 Å². The first-order valence-electron chi connectivity index (χ1n) is 10.4. The van der Waals surface area contributed by atoms with Gasteiger partial charge in [-0.25, -0.2) is 9.18 Å². The second-order valence-corrected chi connectivity index (χ2v) is 7.83. The number of carbonyl (C=O) groups is 1. The van der Waals surface area contributed by atoms with E-state index in [0.717, 1.165) is 11.3 Å². The molecule has 0 unspecified atom stereocenters. The molecule has 0 amide bonds. The number of benzene rings is 3. The first kappa shape index (κ1) is 24.7. The predicted octanol–water partition coefficient (Wildman–Crippen LogP) is 6.90. The number of halogens is 3. The lowest BCUT2D eigenvalue weighted by Crippen LogP contribution is -2.06. The first-order valence-corrected chi connectivity index (χ1v) is 11.2. The monoisotopic (exact) mass is 491 g/mol. The summed E-state index contributed by atoms with van der Waals surface area (Å²) in [7, 11) is 0. The molecule has 3 aromatic rings. The number of nitrogens with one attached hydrogen (secondary N) is 1. The number of ether oxygens (including phenoxy) is 3. The van der Waals surface area contributed by atoms with E-state index in [1.165, 1.54) is 12.1 Å². The van der Waals surface area contributed by atoms with Gasteiger partial charge in [-0.15, -0.1) is 0 Å². The smallest absolute Gasteiger partial charge is 0.338 e. The van der Waals surface area contributed by atoms with E-state index in [4.69, 9.17) is 37.4 Å². The molecule has 0 aliphatic heterocycles. The summed E-state index contributed by atoms with van der Waals surface area (Å²) in [6, 6.07) is 14.8. The minimum Gasteiger partial charge on any atom is -0.490 e. The molecule has 3 rings (SSSR count). The van der Waals surface area contributed by atoms with E-state index >= 15 is 0 Å². The maximum atomic E-state index is 13.3. The molecule has 0 aliphatic rings. The molecule has 33 heavy (non-hydrogen) atoms. The minimum atomic E-state index is -0.413. The number of rotatable bonds is 10. The SMILES string of the molecule is CCOC(=O)c1ccc(NCc2cc(Cl)c(OCc3ccc(F)cc3Cl)c(OCC)c2)cc1. The van der Waals surface area contributed by atoms with E-state index < -0.39 is 5.82 Å². The first-order chi connectivity index (χ1) is 15.9. The van der Waals surface area contributed by atoms with Gasteiger partial charge in [0.05, 0.1) is 28.8 Å². The quantitative estimate of drug-likeness (QED) is 0.312. The van der Waals surface area contributed by atoms with Crippen molar-refractivity contribution in [3.8, 4) is 11.5 Å². The largest absolute Gasteiger partial charge is 0.490 e. The van der Waals surface area contributed by atoms with Gasteiger partial charge in [-0.3, -0.25) is 0 Å². The fraction of sp³-hybridized carbons (Fsp3) is 0.240. The van der Waals surface area contributed by atoms with Crippen molar-refractivity contribution >= 4 is 34.9 Å². The molecule has 1 N–H and O–H groups in total. The van der Waals surface area contributed by atoms with Gasteiger partial charge >= 0.3 is 5.97 Å². The van der Waals surface area contributed by atoms with Crippen molar-refractivity contribution in [1.82, 2.24) is 0 Å². The molecule has 0 saturated heterocycles. The van der Waals surface area contributed by atoms with Gasteiger partial charge < -0.3 is 19.5 Å². The number of esters is 1. The third kappa shape index (κ3) is 6.76. The number of hydrogen-bond acceptors (Lipinski definition) is 5. The van der Waals surface area contributed by atoms with Crippen LogP contribution >= 0.6 is 23.2 Å². The Kier molecular flexibility index (Phi) is 8.80. The van der Waals surface area contributed by atoms with Crippen molar-refractivity contribution in [2.45, 2.75) is 27.0 Å². The fourth-order valence-electron chi connectivity index (χ4n) is 3.06. The van der Waals surface area contributed by atoms with E-state index in [2.05, 4.69) is 5.32 Å². The maximum Gasteiger partial charge on any atom is 0.338 e. The van der Waals surface area contributed by atoms with Crippen LogP contribution < -0.4 is 14.8 Å². The van der Waals surface area contributed by atoms with Crippen LogP contribution in [0.5, 0.6) is 11.5 Å². The van der Waals surface area contributed by atoms with Crippen molar-refractivity contribution in [3.63, 3.8) is 0 Å². The highest BCUT2D eigenvalue weighted by Crippen LogP contribution is 2.38. The Bertz CT molecular complexity index is 1110. The zero-order valence-electron chi connectivity index (χ0n) is 18.3. The van der Waals surface area contributed by atoms with Gasteiger partial charge in [-0.05, 0) is 67.9 Å². The molecule has 0 saturated carbocycles. The zero-order chi connectivity index (χ0) is 23.8. The molecular weight excluding hydrogens is 468 g/mol. The Morgan fingerprint density at radius 1 is 0.939 bits per heavy atom. The lowest BCUT2D eigenvalue weighted by atomic mass is 10.1. The summed E-state index contributed by atoms with van der Waals surface area (Å²) >= 11 is 12.6. The Morgan fingerprint density at radius 2 is 1.70 bits per heavy atom. The van der Waals surface area contributed by atoms with E-state index in [1.807, 2.05) is 13.0 Å². The van der Waals surface area contributed by atoms with E-state index in [0.29, 0.717) is 47.4 Å². The third-order valence-electron chi connectivity index (χ3n) is 4.65. The topological polar surface area (TPSA) is 56.8 Å². The van der Waals surface area contributed by atoms with Gasteiger partial charge in [-0.2, -0.15) is 0 Å². The third-order valence-corrected chi connectivity index (χ3v) is 5.28. The summed E-state index contributed by atoms with van der Waals surface area (Å²) in [5.74, 6) is 0.123. The van der Waals surface area contributed by atoms with Crippen LogP contribution in [0.3, 0.4) is 0 Å². The van der Waals surface area contributed by atoms with Crippen LogP contribution in [0.15, 0.2) is 54.6 Å². The summed E-state index contributed by atoms with van der Waals surface area (Å²) < 4.78 is 29.9. The molecule has 0 heterocycles. The van der Waals surface area contributed by atoms with Crippen LogP contribution in [-0.4, -0.2) is 19.2 Å². The maximum absolute atomic E-state index is 13.3. The lowest BCUT2D eigenvalue weighted by molar-refractivity contribution is 0.0526. The van der Waals surface area contributed by atoms with Crippen molar-refractivity contribution in [2.24, 2.45) is 0 Å². The molecule has 0 bridgehead atoms. The molecule has 5 nitrogen and oxygen atoms in total. The Balaban J connectivity index is 1.70. The summed E-state index contributed by atoms with van der Waals surface area (Å²) in [4.78, 5) is 11.8. The van der Waals surface area contributed by atoms with Gasteiger partial charge in [0.2, 0.25) is 0 Å². The molecule has 0 aromatic heterocycles. The van der Waals surface area contributed by atoms with Crippen LogP contribution in [0.25, 0.3) is 0 Å². The highest BCUT2D eigenvalue weighted by Gasteiger charge is 2.14. The lowest BCUT2D eigenvalue weighted by Gasteiger charge is -2.16. The van der Waals surface area contributed by atoms with E-state index in [1.54, 1.807) is 43.3 Å². The molecule has 8 heteroatoms. The van der Waals surface area contributed by atoms with Crippen molar-refractivity contribution < 1.29 is 23.4 Å². The van der Waals surface area contributed by atoms with Gasteiger partial charge in [-0.1, -0.05) is 29.3 Å². The Hall–Kier alpha value is -2.96. The Labute approximate surface area is 202 Å². The number of anilines is 1. The number of carbonyl (C=O) groups excluding carboxylic acids is 1. The fourth-order valence-corrected chi connectivity index (χ4v) is 3.57. The summed E-state index contributed by atoms with van der Waals surface area (Å²) in [6.45, 7) is 4.98. The van der Waals surface area contributed by atoms with Crippen molar-refractivity contribution in [3.05, 3.63) is 87.2 Å². The molecule has 0 spiro atoms. The van der Waals surface area contributed by atoms with Crippen molar-refractivity contribution in [2.75, 3.05) is 18.5 Å². The second-order valence-electron chi connectivity index (χ2n) is 7.01. The highest BCUT2D eigenvalue weighted by molar-refractivity contribution is 6.32. The standard InChI is InChI=1S/C25H24Cl2FNO4/c1-3-31-23-12-16(14-29-20-9-6-17(7-10-20)25(30)32-4-2)11-22(27)24(23)33-15-18-5-8-19(28)13-21(18)26/h5-13,29H,3-4,14-15H2,1-2H3. The average Bonchev–Trinajstić information content (AvgIpc) is 2.79. The summed E-state index contributed by atoms with van der Waals surface area (Å²) in [5, 5.41) is 3.95. The second kappa shape index (κ2) is 11.8. The van der Waals surface area contributed by atoms with Gasteiger partial charge in [0.25, 0.3) is 0 Å². The summed E-state index contributed by atoms with van der Waals surface area (Å²) in [6.07, 6.45) is 0. The number of hydrogen-bond donors (Lipinski definition) is 1. The van der Waals surface area contributed by atoms with Crippen LogP contribution in [0.4, 0.5) is 10.1 Å². The predicted molar refractivity (Wildman–Crippen MR) is 128 cm³/mol. The van der Waals surface area contributed by atoms with E-state index in [9.17, 15) is 9.18 Å². The highest BCUT2D eigenvalue weighted by atomic mass is 35.5. The molecule has 0 atom stereocenters. The van der Waals surface area contributed by atoms with Crippen LogP contribution in [0.2, 0.25) is 10.0 Å². The van der Waals surface area contributed by atoms with Gasteiger partial charge in [0.1, 0.15) is 12.4 Å². The minimum absolute atomic E-state index is 0.114. The molecule has 0 aliphatic carbocycles. The van der Waals surface area contributed by atoms with Crippen LogP contribution in [-0.2, 0) is 17.9 Å².